The Morgan fingerprint density at radius 2 is 1.61 bits per heavy atom. The molecule has 0 saturated carbocycles. The number of esters is 1. The van der Waals surface area contributed by atoms with Crippen LogP contribution in [0.2, 0.25) is 0 Å². The van der Waals surface area contributed by atoms with Crippen molar-refractivity contribution in [1.29, 1.82) is 0 Å². The van der Waals surface area contributed by atoms with Crippen LogP contribution in [0.1, 0.15) is 11.6 Å². The highest BCUT2D eigenvalue weighted by Gasteiger charge is 2.22. The van der Waals surface area contributed by atoms with Crippen molar-refractivity contribution >= 4 is 16.9 Å². The molecule has 4 aromatic rings. The number of para-hydroxylation sites is 1. The van der Waals surface area contributed by atoms with Crippen LogP contribution < -0.4 is 10.5 Å². The Kier molecular flexibility index (Phi) is 4.83. The number of fused-ring (bicyclic) bond motifs is 1. The van der Waals surface area contributed by atoms with Crippen molar-refractivity contribution < 1.29 is 14.3 Å². The van der Waals surface area contributed by atoms with E-state index in [-0.39, 0.29) is 0 Å². The number of hydrogen-bond donors (Lipinski definition) is 2. The van der Waals surface area contributed by atoms with Crippen LogP contribution in [0, 0.1) is 0 Å². The molecule has 0 saturated heterocycles. The molecule has 0 aliphatic carbocycles. The van der Waals surface area contributed by atoms with Gasteiger partial charge in [0.1, 0.15) is 17.5 Å². The summed E-state index contributed by atoms with van der Waals surface area (Å²) in [5, 5.41) is 0.904. The molecule has 0 spiro atoms. The molecule has 0 fully saturated rings. The monoisotopic (exact) mass is 372 g/mol. The van der Waals surface area contributed by atoms with E-state index in [0.717, 1.165) is 22.2 Å². The molecule has 0 bridgehead atoms. The molecule has 0 aliphatic rings. The molecule has 3 N–H and O–H groups in total. The van der Waals surface area contributed by atoms with Gasteiger partial charge in [-0.2, -0.15) is 0 Å². The smallest absolute Gasteiger partial charge is 0.327 e. The Morgan fingerprint density at radius 3 is 2.29 bits per heavy atom. The van der Waals surface area contributed by atoms with Gasteiger partial charge in [0.2, 0.25) is 0 Å². The number of benzene rings is 3. The van der Waals surface area contributed by atoms with Crippen LogP contribution in [0.4, 0.5) is 0 Å². The molecular formula is C23H20N2O3. The van der Waals surface area contributed by atoms with E-state index in [9.17, 15) is 4.79 Å². The number of methoxy groups -OCH3 is 1. The summed E-state index contributed by atoms with van der Waals surface area (Å²) in [7, 11) is 1.33. The number of H-pyrrole nitrogens is 1. The maximum Gasteiger partial charge on any atom is 0.327 e. The van der Waals surface area contributed by atoms with Crippen LogP contribution in [-0.4, -0.2) is 18.1 Å². The fourth-order valence-corrected chi connectivity index (χ4v) is 3.20. The van der Waals surface area contributed by atoms with E-state index < -0.39 is 12.0 Å². The molecule has 1 unspecified atom stereocenters. The number of ether oxygens (including phenoxy) is 2. The second kappa shape index (κ2) is 7.58. The van der Waals surface area contributed by atoms with E-state index in [2.05, 4.69) is 4.98 Å². The van der Waals surface area contributed by atoms with Crippen molar-refractivity contribution in [3.05, 3.63) is 84.4 Å². The van der Waals surface area contributed by atoms with E-state index >= 15 is 0 Å². The Bertz CT molecular complexity index is 1100. The Morgan fingerprint density at radius 1 is 0.929 bits per heavy atom. The maximum atomic E-state index is 12.1. The Balaban J connectivity index is 1.84. The number of rotatable bonds is 5. The largest absolute Gasteiger partial charge is 0.468 e. The normalized spacial score (nSPS) is 11.9. The molecule has 140 valence electrons. The SMILES string of the molecule is COC(=O)C(N)c1cc(Oc2ccccc2)cc2cc(-c3ccccc3)[nH]c12. The third kappa shape index (κ3) is 3.48. The molecule has 0 radical (unpaired) electrons. The highest BCUT2D eigenvalue weighted by atomic mass is 16.5. The summed E-state index contributed by atoms with van der Waals surface area (Å²) in [4.78, 5) is 15.5. The summed E-state index contributed by atoms with van der Waals surface area (Å²) in [5.41, 5.74) is 9.57. The third-order valence-corrected chi connectivity index (χ3v) is 4.59. The third-order valence-electron chi connectivity index (χ3n) is 4.59. The summed E-state index contributed by atoms with van der Waals surface area (Å²) >= 11 is 0. The molecular weight excluding hydrogens is 352 g/mol. The minimum Gasteiger partial charge on any atom is -0.468 e. The number of hydrogen-bond acceptors (Lipinski definition) is 4. The van der Waals surface area contributed by atoms with Crippen LogP contribution in [0.3, 0.4) is 0 Å². The average molecular weight is 372 g/mol. The van der Waals surface area contributed by atoms with Gasteiger partial charge in [0.15, 0.2) is 0 Å². The van der Waals surface area contributed by atoms with Crippen molar-refractivity contribution in [3.63, 3.8) is 0 Å². The highest BCUT2D eigenvalue weighted by Crippen LogP contribution is 2.34. The molecule has 28 heavy (non-hydrogen) atoms. The highest BCUT2D eigenvalue weighted by molar-refractivity contribution is 5.93. The number of nitrogens with one attached hydrogen (secondary N) is 1. The average Bonchev–Trinajstić information content (AvgIpc) is 3.17. The van der Waals surface area contributed by atoms with Gasteiger partial charge in [-0.15, -0.1) is 0 Å². The lowest BCUT2D eigenvalue weighted by atomic mass is 10.0. The van der Waals surface area contributed by atoms with Crippen LogP contribution in [0.25, 0.3) is 22.2 Å². The van der Waals surface area contributed by atoms with Gasteiger partial charge in [0.25, 0.3) is 0 Å². The van der Waals surface area contributed by atoms with Gasteiger partial charge in [-0.3, -0.25) is 4.79 Å². The lowest BCUT2D eigenvalue weighted by Gasteiger charge is -2.13. The van der Waals surface area contributed by atoms with E-state index in [1.54, 1.807) is 6.07 Å². The van der Waals surface area contributed by atoms with Gasteiger partial charge in [0.05, 0.1) is 12.6 Å². The van der Waals surface area contributed by atoms with Gasteiger partial charge in [-0.1, -0.05) is 48.5 Å². The number of carbonyl (C=O) groups excluding carboxylic acids is 1. The predicted molar refractivity (Wildman–Crippen MR) is 109 cm³/mol. The number of aromatic amines is 1. The lowest BCUT2D eigenvalue weighted by Crippen LogP contribution is -2.22. The van der Waals surface area contributed by atoms with Crippen LogP contribution in [0.15, 0.2) is 78.9 Å². The fourth-order valence-electron chi connectivity index (χ4n) is 3.20. The quantitative estimate of drug-likeness (QED) is 0.493. The molecule has 1 aromatic heterocycles. The summed E-state index contributed by atoms with van der Waals surface area (Å²) in [5.74, 6) is 0.805. The molecule has 0 amide bonds. The summed E-state index contributed by atoms with van der Waals surface area (Å²) < 4.78 is 10.8. The minimum absolute atomic E-state index is 0.506. The number of carbonyl (C=O) groups is 1. The van der Waals surface area contributed by atoms with Gasteiger partial charge in [-0.25, -0.2) is 0 Å². The summed E-state index contributed by atoms with van der Waals surface area (Å²) in [6, 6.07) is 24.2. The van der Waals surface area contributed by atoms with Crippen molar-refractivity contribution in [2.75, 3.05) is 7.11 Å². The minimum atomic E-state index is -0.922. The van der Waals surface area contributed by atoms with E-state index in [1.165, 1.54) is 7.11 Å². The van der Waals surface area contributed by atoms with E-state index in [1.807, 2.05) is 72.8 Å². The predicted octanol–water partition coefficient (Wildman–Crippen LogP) is 4.80. The molecule has 3 aromatic carbocycles. The van der Waals surface area contributed by atoms with Crippen LogP contribution in [0.5, 0.6) is 11.5 Å². The molecule has 1 heterocycles. The second-order valence-electron chi connectivity index (χ2n) is 6.44. The van der Waals surface area contributed by atoms with E-state index in [4.69, 9.17) is 15.2 Å². The zero-order valence-electron chi connectivity index (χ0n) is 15.4. The first-order chi connectivity index (χ1) is 13.7. The topological polar surface area (TPSA) is 77.3 Å². The first-order valence-electron chi connectivity index (χ1n) is 8.94. The zero-order valence-corrected chi connectivity index (χ0v) is 15.4. The molecule has 5 nitrogen and oxygen atoms in total. The Labute approximate surface area is 162 Å². The van der Waals surface area contributed by atoms with Crippen LogP contribution >= 0.6 is 0 Å². The number of aromatic nitrogens is 1. The maximum absolute atomic E-state index is 12.1. The van der Waals surface area contributed by atoms with Crippen molar-refractivity contribution in [2.24, 2.45) is 5.73 Å². The first kappa shape index (κ1) is 17.8. The molecule has 5 heteroatoms. The first-order valence-corrected chi connectivity index (χ1v) is 8.94. The molecule has 1 atom stereocenters. The Hall–Kier alpha value is -3.57. The standard InChI is InChI=1S/C23H20N2O3/c1-27-23(26)21(24)19-14-18(28-17-10-6-3-7-11-17)12-16-13-20(25-22(16)19)15-8-4-2-5-9-15/h2-14,21,25H,24H2,1H3. The van der Waals surface area contributed by atoms with Crippen molar-refractivity contribution in [1.82, 2.24) is 4.98 Å². The lowest BCUT2D eigenvalue weighted by molar-refractivity contribution is -0.142. The van der Waals surface area contributed by atoms with Gasteiger partial charge in [-0.05, 0) is 35.9 Å². The van der Waals surface area contributed by atoms with Crippen LogP contribution in [-0.2, 0) is 9.53 Å². The van der Waals surface area contributed by atoms with E-state index in [0.29, 0.717) is 17.1 Å². The number of nitrogens with two attached hydrogens (primary N) is 1. The van der Waals surface area contributed by atoms with Gasteiger partial charge >= 0.3 is 5.97 Å². The summed E-state index contributed by atoms with van der Waals surface area (Å²) in [6.07, 6.45) is 0. The molecule has 4 rings (SSSR count). The van der Waals surface area contributed by atoms with Gasteiger partial charge < -0.3 is 20.2 Å². The van der Waals surface area contributed by atoms with Crippen molar-refractivity contribution in [3.8, 4) is 22.8 Å². The van der Waals surface area contributed by atoms with Crippen molar-refractivity contribution in [2.45, 2.75) is 6.04 Å². The molecule has 0 aliphatic heterocycles. The second-order valence-corrected chi connectivity index (χ2v) is 6.44. The van der Waals surface area contributed by atoms with Gasteiger partial charge in [0, 0.05) is 16.6 Å². The summed E-state index contributed by atoms with van der Waals surface area (Å²) in [6.45, 7) is 0. The fraction of sp³-hybridized carbons (Fsp3) is 0.0870. The zero-order chi connectivity index (χ0) is 19.5.